The van der Waals surface area contributed by atoms with E-state index in [-0.39, 0.29) is 24.8 Å². The maximum Gasteiger partial charge on any atom is 0.307 e. The number of likely N-dealkylation sites (N-methyl/N-ethyl adjacent to an activating group) is 1. The number of carbonyl (C=O) groups excluding carboxylic acids is 3. The summed E-state index contributed by atoms with van der Waals surface area (Å²) < 4.78 is 5.37. The highest BCUT2D eigenvalue weighted by Crippen LogP contribution is 2.21. The number of benzene rings is 2. The number of hydrogen-bond donors (Lipinski definition) is 2. The summed E-state index contributed by atoms with van der Waals surface area (Å²) in [6.45, 7) is 5.23. The number of carbonyl (C=O) groups is 3. The average molecular weight is 384 g/mol. The van der Waals surface area contributed by atoms with Gasteiger partial charge in [-0.15, -0.1) is 0 Å². The molecule has 2 aromatic rings. The van der Waals surface area contributed by atoms with Gasteiger partial charge >= 0.3 is 5.97 Å². The summed E-state index contributed by atoms with van der Waals surface area (Å²) >= 11 is 0. The van der Waals surface area contributed by atoms with Crippen molar-refractivity contribution >= 4 is 28.6 Å². The number of amides is 2. The Balaban J connectivity index is 2.16. The molecule has 0 heterocycles. The van der Waals surface area contributed by atoms with Crippen molar-refractivity contribution in [2.45, 2.75) is 39.2 Å². The van der Waals surface area contributed by atoms with Crippen LogP contribution in [0.5, 0.6) is 0 Å². The van der Waals surface area contributed by atoms with Gasteiger partial charge in [0, 0.05) is 7.05 Å². The summed E-state index contributed by atoms with van der Waals surface area (Å²) in [4.78, 5) is 36.4. The Hall–Kier alpha value is -2.89. The van der Waals surface area contributed by atoms with Crippen LogP contribution in [-0.2, 0) is 25.5 Å². The van der Waals surface area contributed by atoms with Gasteiger partial charge in [-0.05, 0) is 43.5 Å². The van der Waals surface area contributed by atoms with Crippen LogP contribution in [0.3, 0.4) is 0 Å². The molecule has 0 aromatic heterocycles. The van der Waals surface area contributed by atoms with Crippen LogP contribution in [0, 0.1) is 5.92 Å². The minimum absolute atomic E-state index is 0.0519. The molecule has 2 aromatic carbocycles. The first kappa shape index (κ1) is 21.4. The third-order valence-corrected chi connectivity index (χ3v) is 4.20. The summed E-state index contributed by atoms with van der Waals surface area (Å²) in [7, 11) is 1.50. The molecule has 0 aliphatic heterocycles. The van der Waals surface area contributed by atoms with E-state index in [0.717, 1.165) is 16.3 Å². The fourth-order valence-electron chi connectivity index (χ4n) is 2.89. The van der Waals surface area contributed by atoms with Gasteiger partial charge in [0.05, 0.1) is 18.9 Å². The van der Waals surface area contributed by atoms with Crippen LogP contribution in [0.4, 0.5) is 0 Å². The normalized spacial score (nSPS) is 12.3. The van der Waals surface area contributed by atoms with Gasteiger partial charge in [0.25, 0.3) is 0 Å². The van der Waals surface area contributed by atoms with E-state index in [2.05, 4.69) is 10.6 Å². The van der Waals surface area contributed by atoms with Crippen molar-refractivity contribution in [3.05, 3.63) is 48.0 Å². The summed E-state index contributed by atoms with van der Waals surface area (Å²) in [6, 6.07) is 13.9. The number of hydrogen-bond acceptors (Lipinski definition) is 4. The standard InChI is InChI=1S/C22H28N2O4/c1-22(2,3)28-20(26)13-18(21(27)24-14-19(25)23-4)12-15-9-10-16-7-5-6-8-17(16)11-15/h5-11,18H,12-14H2,1-4H3,(H,23,25)(H,24,27). The molecule has 2 N–H and O–H groups in total. The zero-order chi connectivity index (χ0) is 20.7. The number of nitrogens with one attached hydrogen (secondary N) is 2. The van der Waals surface area contributed by atoms with Gasteiger partial charge in [0.1, 0.15) is 5.60 Å². The minimum Gasteiger partial charge on any atom is -0.460 e. The predicted octanol–water partition coefficient (Wildman–Crippen LogP) is 2.59. The molecule has 0 saturated heterocycles. The van der Waals surface area contributed by atoms with Crippen molar-refractivity contribution in [1.29, 1.82) is 0 Å². The van der Waals surface area contributed by atoms with Crippen LogP contribution >= 0.6 is 0 Å². The molecule has 6 nitrogen and oxygen atoms in total. The number of ether oxygens (including phenoxy) is 1. The molecule has 28 heavy (non-hydrogen) atoms. The van der Waals surface area contributed by atoms with E-state index >= 15 is 0 Å². The van der Waals surface area contributed by atoms with Gasteiger partial charge in [-0.3, -0.25) is 14.4 Å². The minimum atomic E-state index is -0.624. The van der Waals surface area contributed by atoms with Crippen molar-refractivity contribution in [3.63, 3.8) is 0 Å². The Morgan fingerprint density at radius 2 is 1.71 bits per heavy atom. The second-order valence-corrected chi connectivity index (χ2v) is 7.76. The van der Waals surface area contributed by atoms with E-state index in [1.807, 2.05) is 42.5 Å². The number of rotatable bonds is 7. The van der Waals surface area contributed by atoms with Gasteiger partial charge in [0.2, 0.25) is 11.8 Å². The monoisotopic (exact) mass is 384 g/mol. The highest BCUT2D eigenvalue weighted by molar-refractivity contribution is 5.88. The zero-order valence-corrected chi connectivity index (χ0v) is 16.9. The molecule has 2 amide bonds. The Bertz CT molecular complexity index is 855. The van der Waals surface area contributed by atoms with Crippen LogP contribution in [-0.4, -0.2) is 37.0 Å². The van der Waals surface area contributed by atoms with Crippen LogP contribution in [0.15, 0.2) is 42.5 Å². The summed E-state index contributed by atoms with van der Waals surface area (Å²) in [6.07, 6.45) is 0.327. The van der Waals surface area contributed by atoms with Crippen molar-refractivity contribution in [3.8, 4) is 0 Å². The molecule has 0 spiro atoms. The number of fused-ring (bicyclic) bond motifs is 1. The second-order valence-electron chi connectivity index (χ2n) is 7.76. The van der Waals surface area contributed by atoms with Crippen LogP contribution in [0.1, 0.15) is 32.8 Å². The molecule has 0 radical (unpaired) electrons. The molecule has 2 rings (SSSR count). The molecule has 0 aliphatic rings. The smallest absolute Gasteiger partial charge is 0.307 e. The van der Waals surface area contributed by atoms with Gasteiger partial charge in [-0.2, -0.15) is 0 Å². The lowest BCUT2D eigenvalue weighted by molar-refractivity contribution is -0.157. The fourth-order valence-corrected chi connectivity index (χ4v) is 2.89. The Morgan fingerprint density at radius 3 is 2.36 bits per heavy atom. The second kappa shape index (κ2) is 9.35. The predicted molar refractivity (Wildman–Crippen MR) is 109 cm³/mol. The third kappa shape index (κ3) is 6.68. The van der Waals surface area contributed by atoms with Crippen molar-refractivity contribution in [1.82, 2.24) is 10.6 Å². The summed E-state index contributed by atoms with van der Waals surface area (Å²) in [5, 5.41) is 7.24. The van der Waals surface area contributed by atoms with Gasteiger partial charge in [-0.1, -0.05) is 42.5 Å². The maximum absolute atomic E-state index is 12.6. The van der Waals surface area contributed by atoms with E-state index < -0.39 is 17.5 Å². The highest BCUT2D eigenvalue weighted by atomic mass is 16.6. The lowest BCUT2D eigenvalue weighted by Gasteiger charge is -2.22. The maximum atomic E-state index is 12.6. The van der Waals surface area contributed by atoms with Gasteiger partial charge in [-0.25, -0.2) is 0 Å². The van der Waals surface area contributed by atoms with Crippen LogP contribution in [0.25, 0.3) is 10.8 Å². The van der Waals surface area contributed by atoms with E-state index in [9.17, 15) is 14.4 Å². The fraction of sp³-hybridized carbons (Fsp3) is 0.409. The quantitative estimate of drug-likeness (QED) is 0.719. The SMILES string of the molecule is CNC(=O)CNC(=O)C(CC(=O)OC(C)(C)C)Cc1ccc2ccccc2c1. The largest absolute Gasteiger partial charge is 0.460 e. The first-order chi connectivity index (χ1) is 13.2. The van der Waals surface area contributed by atoms with Crippen LogP contribution in [0.2, 0.25) is 0 Å². The molecule has 150 valence electrons. The van der Waals surface area contributed by atoms with E-state index in [1.54, 1.807) is 20.8 Å². The Labute approximate surface area is 165 Å². The average Bonchev–Trinajstić information content (AvgIpc) is 2.63. The lowest BCUT2D eigenvalue weighted by atomic mass is 9.93. The summed E-state index contributed by atoms with van der Waals surface area (Å²) in [5.41, 5.74) is 0.325. The Kier molecular flexibility index (Phi) is 7.15. The van der Waals surface area contributed by atoms with E-state index in [1.165, 1.54) is 7.05 Å². The molecule has 0 bridgehead atoms. The zero-order valence-electron chi connectivity index (χ0n) is 16.9. The highest BCUT2D eigenvalue weighted by Gasteiger charge is 2.26. The van der Waals surface area contributed by atoms with Gasteiger partial charge < -0.3 is 15.4 Å². The third-order valence-electron chi connectivity index (χ3n) is 4.20. The van der Waals surface area contributed by atoms with Crippen molar-refractivity contribution in [2.75, 3.05) is 13.6 Å². The summed E-state index contributed by atoms with van der Waals surface area (Å²) in [5.74, 6) is -1.70. The molecule has 1 unspecified atom stereocenters. The molecule has 0 fully saturated rings. The van der Waals surface area contributed by atoms with Gasteiger partial charge in [0.15, 0.2) is 0 Å². The molecule has 0 aliphatic carbocycles. The lowest BCUT2D eigenvalue weighted by Crippen LogP contribution is -2.40. The molecular formula is C22H28N2O4. The van der Waals surface area contributed by atoms with Crippen LogP contribution < -0.4 is 10.6 Å². The number of esters is 1. The van der Waals surface area contributed by atoms with Crippen molar-refractivity contribution < 1.29 is 19.1 Å². The van der Waals surface area contributed by atoms with Crippen molar-refractivity contribution in [2.24, 2.45) is 5.92 Å². The molecule has 1 atom stereocenters. The first-order valence-corrected chi connectivity index (χ1v) is 9.36. The Morgan fingerprint density at radius 1 is 1.04 bits per heavy atom. The first-order valence-electron chi connectivity index (χ1n) is 9.36. The van der Waals surface area contributed by atoms with E-state index in [4.69, 9.17) is 4.74 Å². The molecule has 6 heteroatoms. The molecular weight excluding hydrogens is 356 g/mol. The topological polar surface area (TPSA) is 84.5 Å². The van der Waals surface area contributed by atoms with E-state index in [0.29, 0.717) is 6.42 Å². The molecule has 0 saturated carbocycles.